The van der Waals surface area contributed by atoms with Crippen LogP contribution in [0.3, 0.4) is 0 Å². The zero-order valence-electron chi connectivity index (χ0n) is 7.97. The van der Waals surface area contributed by atoms with Crippen molar-refractivity contribution >= 4 is 11.9 Å². The van der Waals surface area contributed by atoms with E-state index in [1.54, 1.807) is 0 Å². The lowest BCUT2D eigenvalue weighted by atomic mass is 9.85. The van der Waals surface area contributed by atoms with Gasteiger partial charge in [-0.25, -0.2) is 9.59 Å². The molecule has 0 bridgehead atoms. The Bertz CT molecular complexity index is 343. The largest absolute Gasteiger partial charge is 0.490 e. The number of carbonyl (C=O) groups is 2. The van der Waals surface area contributed by atoms with E-state index in [0.29, 0.717) is 13.0 Å². The van der Waals surface area contributed by atoms with Gasteiger partial charge in [-0.05, 0) is 6.54 Å². The van der Waals surface area contributed by atoms with Crippen LogP contribution in [0.15, 0.2) is 0 Å². The van der Waals surface area contributed by atoms with E-state index >= 15 is 0 Å². The number of rotatable bonds is 1. The van der Waals surface area contributed by atoms with Crippen molar-refractivity contribution in [3.63, 3.8) is 0 Å². The van der Waals surface area contributed by atoms with Crippen LogP contribution in [-0.4, -0.2) is 42.9 Å². The first-order valence-corrected chi connectivity index (χ1v) is 4.58. The van der Waals surface area contributed by atoms with Gasteiger partial charge in [-0.3, -0.25) is 0 Å². The summed E-state index contributed by atoms with van der Waals surface area (Å²) < 4.78 is 44.9. The number of esters is 2. The Kier molecular flexibility index (Phi) is 2.33. The van der Waals surface area contributed by atoms with Crippen molar-refractivity contribution in [3.05, 3.63) is 0 Å². The number of hydrogen-bond donors (Lipinski definition) is 1. The predicted molar refractivity (Wildman–Crippen MR) is 42.2 cm³/mol. The first-order chi connectivity index (χ1) is 7.36. The normalized spacial score (nSPS) is 33.4. The molecule has 2 aliphatic rings. The number of ether oxygens (including phenoxy) is 2. The molecular weight excluding hydrogens is 231 g/mol. The summed E-state index contributed by atoms with van der Waals surface area (Å²) in [7, 11) is 0. The summed E-state index contributed by atoms with van der Waals surface area (Å²) in [5.74, 6) is -3.29. The number of nitrogens with one attached hydrogen (secondary N) is 1. The molecule has 90 valence electrons. The summed E-state index contributed by atoms with van der Waals surface area (Å²) in [4.78, 5) is 21.8. The SMILES string of the molecule is O=C(OC12CNCCC1OC2=O)C(F)(F)F. The second-order valence-corrected chi connectivity index (χ2v) is 3.64. The third kappa shape index (κ3) is 1.53. The first-order valence-electron chi connectivity index (χ1n) is 4.58. The van der Waals surface area contributed by atoms with Crippen LogP contribution in [0.25, 0.3) is 0 Å². The minimum absolute atomic E-state index is 0.141. The fraction of sp³-hybridized carbons (Fsp3) is 0.750. The minimum atomic E-state index is -5.10. The third-order valence-corrected chi connectivity index (χ3v) is 2.59. The van der Waals surface area contributed by atoms with E-state index in [9.17, 15) is 22.8 Å². The van der Waals surface area contributed by atoms with Crippen LogP contribution in [-0.2, 0) is 19.1 Å². The van der Waals surface area contributed by atoms with Gasteiger partial charge in [-0.15, -0.1) is 0 Å². The molecule has 0 aromatic carbocycles. The molecule has 1 N–H and O–H groups in total. The van der Waals surface area contributed by atoms with E-state index in [0.717, 1.165) is 0 Å². The molecule has 0 amide bonds. The molecule has 0 saturated carbocycles. The van der Waals surface area contributed by atoms with Crippen molar-refractivity contribution in [2.24, 2.45) is 0 Å². The Balaban J connectivity index is 2.12. The molecular formula is C8H8F3NO4. The average Bonchev–Trinajstić information content (AvgIpc) is 2.18. The molecule has 2 aliphatic heterocycles. The minimum Gasteiger partial charge on any atom is -0.454 e. The van der Waals surface area contributed by atoms with Gasteiger partial charge in [-0.1, -0.05) is 0 Å². The summed E-state index contributed by atoms with van der Waals surface area (Å²) in [5.41, 5.74) is -1.79. The molecule has 2 saturated heterocycles. The first kappa shape index (κ1) is 11.2. The number of carbonyl (C=O) groups excluding carboxylic acids is 2. The van der Waals surface area contributed by atoms with Crippen molar-refractivity contribution in [3.8, 4) is 0 Å². The maximum absolute atomic E-state index is 12.0. The summed E-state index contributed by atoms with van der Waals surface area (Å²) in [6.45, 7) is 0.363. The Labute approximate surface area is 87.9 Å². The van der Waals surface area contributed by atoms with E-state index in [-0.39, 0.29) is 6.54 Å². The van der Waals surface area contributed by atoms with E-state index < -0.39 is 29.8 Å². The van der Waals surface area contributed by atoms with E-state index in [1.807, 2.05) is 0 Å². The molecule has 0 radical (unpaired) electrons. The number of piperidine rings is 1. The lowest BCUT2D eigenvalue weighted by Gasteiger charge is -2.48. The summed E-state index contributed by atoms with van der Waals surface area (Å²) in [6, 6.07) is 0. The quantitative estimate of drug-likeness (QED) is 0.639. The highest BCUT2D eigenvalue weighted by atomic mass is 19.4. The van der Waals surface area contributed by atoms with Gasteiger partial charge in [0.15, 0.2) is 6.10 Å². The van der Waals surface area contributed by atoms with Crippen molar-refractivity contribution < 1.29 is 32.2 Å². The standard InChI is InChI=1S/C8H8F3NO4/c9-8(10,11)6(14)16-7-3-12-2-1-4(7)15-5(7)13/h4,12H,1-3H2. The van der Waals surface area contributed by atoms with Crippen molar-refractivity contribution in [1.82, 2.24) is 5.32 Å². The fourth-order valence-electron chi connectivity index (χ4n) is 1.75. The highest BCUT2D eigenvalue weighted by molar-refractivity contribution is 5.90. The monoisotopic (exact) mass is 239 g/mol. The molecule has 0 spiro atoms. The number of fused-ring (bicyclic) bond motifs is 1. The van der Waals surface area contributed by atoms with Gasteiger partial charge in [0, 0.05) is 6.42 Å². The van der Waals surface area contributed by atoms with Gasteiger partial charge >= 0.3 is 18.1 Å². The van der Waals surface area contributed by atoms with Gasteiger partial charge in [0.05, 0.1) is 6.54 Å². The molecule has 0 aromatic rings. The van der Waals surface area contributed by atoms with E-state index in [1.165, 1.54) is 0 Å². The smallest absolute Gasteiger partial charge is 0.454 e. The lowest BCUT2D eigenvalue weighted by Crippen LogP contribution is -2.72. The van der Waals surface area contributed by atoms with Crippen LogP contribution in [0.4, 0.5) is 13.2 Å². The molecule has 0 aliphatic carbocycles. The van der Waals surface area contributed by atoms with Crippen LogP contribution >= 0.6 is 0 Å². The molecule has 8 heteroatoms. The maximum atomic E-state index is 12.0. The molecule has 16 heavy (non-hydrogen) atoms. The molecule has 0 aromatic heterocycles. The van der Waals surface area contributed by atoms with Crippen LogP contribution in [0.1, 0.15) is 6.42 Å². The van der Waals surface area contributed by atoms with Gasteiger partial charge in [0.2, 0.25) is 0 Å². The Morgan fingerprint density at radius 1 is 1.56 bits per heavy atom. The van der Waals surface area contributed by atoms with Gasteiger partial charge in [0.1, 0.15) is 0 Å². The average molecular weight is 239 g/mol. The zero-order valence-corrected chi connectivity index (χ0v) is 7.97. The highest BCUT2D eigenvalue weighted by Gasteiger charge is 2.64. The van der Waals surface area contributed by atoms with E-state index in [2.05, 4.69) is 14.8 Å². The maximum Gasteiger partial charge on any atom is 0.490 e. The Morgan fingerprint density at radius 3 is 2.75 bits per heavy atom. The summed E-state index contributed by atoms with van der Waals surface area (Å²) in [5, 5.41) is 2.70. The molecule has 2 rings (SSSR count). The number of halogens is 3. The van der Waals surface area contributed by atoms with Crippen molar-refractivity contribution in [1.29, 1.82) is 0 Å². The number of hydrogen-bond acceptors (Lipinski definition) is 5. The topological polar surface area (TPSA) is 64.6 Å². The highest BCUT2D eigenvalue weighted by Crippen LogP contribution is 2.37. The molecule has 5 nitrogen and oxygen atoms in total. The van der Waals surface area contributed by atoms with Crippen molar-refractivity contribution in [2.75, 3.05) is 13.1 Å². The van der Waals surface area contributed by atoms with Crippen molar-refractivity contribution in [2.45, 2.75) is 24.3 Å². The number of alkyl halides is 3. The van der Waals surface area contributed by atoms with Crippen LogP contribution in [0.2, 0.25) is 0 Å². The summed E-state index contributed by atoms with van der Waals surface area (Å²) in [6.07, 6.45) is -5.55. The Morgan fingerprint density at radius 2 is 2.25 bits per heavy atom. The zero-order chi connectivity index (χ0) is 12.0. The molecule has 2 atom stereocenters. The van der Waals surface area contributed by atoms with E-state index in [4.69, 9.17) is 0 Å². The van der Waals surface area contributed by atoms with Gasteiger partial charge < -0.3 is 14.8 Å². The van der Waals surface area contributed by atoms with Crippen LogP contribution in [0, 0.1) is 0 Å². The Hall–Kier alpha value is -1.31. The lowest BCUT2D eigenvalue weighted by molar-refractivity contribution is -0.260. The second kappa shape index (κ2) is 3.34. The van der Waals surface area contributed by atoms with Crippen LogP contribution in [0.5, 0.6) is 0 Å². The molecule has 2 fully saturated rings. The van der Waals surface area contributed by atoms with Crippen LogP contribution < -0.4 is 5.32 Å². The van der Waals surface area contributed by atoms with Gasteiger partial charge in [0.25, 0.3) is 5.60 Å². The second-order valence-electron chi connectivity index (χ2n) is 3.64. The summed E-state index contributed by atoms with van der Waals surface area (Å²) >= 11 is 0. The molecule has 2 heterocycles. The fourth-order valence-corrected chi connectivity index (χ4v) is 1.75. The third-order valence-electron chi connectivity index (χ3n) is 2.59. The molecule has 2 unspecified atom stereocenters. The van der Waals surface area contributed by atoms with Gasteiger partial charge in [-0.2, -0.15) is 13.2 Å². The predicted octanol–water partition coefficient (Wildman–Crippen LogP) is -0.251.